The van der Waals surface area contributed by atoms with Crippen LogP contribution in [0.15, 0.2) is 54.1 Å². The molecule has 11 heteroatoms. The van der Waals surface area contributed by atoms with Crippen LogP contribution in [-0.4, -0.2) is 63.6 Å². The standard InChI is InChI=1S/C19H24N8O2S/c1-15(2)26-13-19(21-14-26)30(28,29)27-11-9-25(10-12-27)18-7-6-17(23-24-18)22-16-5-3-4-8-20-16/h3-8,13-15H,9-12H2,1-2H3,(H,20,22,23). The van der Waals surface area contributed by atoms with Crippen LogP contribution in [0.1, 0.15) is 19.9 Å². The molecule has 4 heterocycles. The highest BCUT2D eigenvalue weighted by Gasteiger charge is 2.30. The summed E-state index contributed by atoms with van der Waals surface area (Å²) in [5.74, 6) is 2.00. The van der Waals surface area contributed by atoms with Crippen molar-refractivity contribution in [3.8, 4) is 0 Å². The van der Waals surface area contributed by atoms with E-state index in [2.05, 4.69) is 25.5 Å². The molecule has 1 aliphatic heterocycles. The van der Waals surface area contributed by atoms with Crippen LogP contribution in [0.4, 0.5) is 17.5 Å². The molecule has 0 aliphatic carbocycles. The molecule has 0 amide bonds. The van der Waals surface area contributed by atoms with Gasteiger partial charge in [0.1, 0.15) is 5.82 Å². The molecule has 0 bridgehead atoms. The van der Waals surface area contributed by atoms with Crippen molar-refractivity contribution in [3.63, 3.8) is 0 Å². The number of nitrogens with one attached hydrogen (secondary N) is 1. The highest BCUT2D eigenvalue weighted by Crippen LogP contribution is 2.20. The van der Waals surface area contributed by atoms with E-state index in [9.17, 15) is 8.42 Å². The Morgan fingerprint density at radius 1 is 0.967 bits per heavy atom. The van der Waals surface area contributed by atoms with Gasteiger partial charge in [-0.25, -0.2) is 18.4 Å². The molecular weight excluding hydrogens is 404 g/mol. The predicted molar refractivity (Wildman–Crippen MR) is 113 cm³/mol. The molecule has 0 aromatic carbocycles. The molecule has 4 rings (SSSR count). The summed E-state index contributed by atoms with van der Waals surface area (Å²) in [5.41, 5.74) is 0. The Kier molecular flexibility index (Phi) is 5.64. The number of pyridine rings is 1. The third kappa shape index (κ3) is 4.26. The Balaban J connectivity index is 1.38. The van der Waals surface area contributed by atoms with Gasteiger partial charge in [-0.1, -0.05) is 6.07 Å². The molecule has 10 nitrogen and oxygen atoms in total. The SMILES string of the molecule is CC(C)n1cnc(S(=O)(=O)N2CCN(c3ccc(Nc4ccccn4)nn3)CC2)c1. The van der Waals surface area contributed by atoms with Gasteiger partial charge in [0.15, 0.2) is 16.7 Å². The zero-order chi connectivity index (χ0) is 21.1. The van der Waals surface area contributed by atoms with Crippen molar-refractivity contribution in [1.29, 1.82) is 0 Å². The summed E-state index contributed by atoms with van der Waals surface area (Å²) >= 11 is 0. The van der Waals surface area contributed by atoms with Gasteiger partial charge >= 0.3 is 0 Å². The molecule has 0 unspecified atom stereocenters. The summed E-state index contributed by atoms with van der Waals surface area (Å²) in [6, 6.07) is 9.44. The van der Waals surface area contributed by atoms with Crippen LogP contribution < -0.4 is 10.2 Å². The van der Waals surface area contributed by atoms with Gasteiger partial charge in [0.25, 0.3) is 10.0 Å². The summed E-state index contributed by atoms with van der Waals surface area (Å²) in [6.07, 6.45) is 4.85. The maximum Gasteiger partial charge on any atom is 0.262 e. The number of nitrogens with zero attached hydrogens (tertiary/aromatic N) is 7. The normalized spacial score (nSPS) is 15.5. The Morgan fingerprint density at radius 2 is 1.77 bits per heavy atom. The highest BCUT2D eigenvalue weighted by molar-refractivity contribution is 7.89. The summed E-state index contributed by atoms with van der Waals surface area (Å²) in [4.78, 5) is 10.3. The first kappa shape index (κ1) is 20.2. The van der Waals surface area contributed by atoms with E-state index in [1.54, 1.807) is 23.3 Å². The zero-order valence-corrected chi connectivity index (χ0v) is 17.7. The monoisotopic (exact) mass is 428 g/mol. The number of anilines is 3. The lowest BCUT2D eigenvalue weighted by atomic mass is 10.3. The lowest BCUT2D eigenvalue weighted by Crippen LogP contribution is -2.49. The second kappa shape index (κ2) is 8.36. The maximum atomic E-state index is 12.9. The summed E-state index contributed by atoms with van der Waals surface area (Å²) in [7, 11) is -3.60. The van der Waals surface area contributed by atoms with E-state index in [1.165, 1.54) is 4.31 Å². The molecule has 0 saturated carbocycles. The van der Waals surface area contributed by atoms with E-state index < -0.39 is 10.0 Å². The van der Waals surface area contributed by atoms with Crippen molar-refractivity contribution >= 4 is 27.5 Å². The van der Waals surface area contributed by atoms with Crippen molar-refractivity contribution in [2.45, 2.75) is 24.9 Å². The number of imidazole rings is 1. The van der Waals surface area contributed by atoms with Gasteiger partial charge in [-0.15, -0.1) is 10.2 Å². The van der Waals surface area contributed by atoms with E-state index in [0.29, 0.717) is 43.6 Å². The van der Waals surface area contributed by atoms with Crippen molar-refractivity contribution in [2.24, 2.45) is 0 Å². The first-order valence-corrected chi connectivity index (χ1v) is 11.2. The van der Waals surface area contributed by atoms with Crippen LogP contribution in [0.2, 0.25) is 0 Å². The average molecular weight is 429 g/mol. The van der Waals surface area contributed by atoms with E-state index in [-0.39, 0.29) is 11.1 Å². The van der Waals surface area contributed by atoms with Crippen LogP contribution in [0.25, 0.3) is 0 Å². The zero-order valence-electron chi connectivity index (χ0n) is 16.9. The molecular formula is C19H24N8O2S. The van der Waals surface area contributed by atoms with Crippen LogP contribution in [0.3, 0.4) is 0 Å². The van der Waals surface area contributed by atoms with Crippen molar-refractivity contribution < 1.29 is 8.42 Å². The first-order valence-electron chi connectivity index (χ1n) is 9.74. The first-order chi connectivity index (χ1) is 14.4. The molecule has 1 fully saturated rings. The lowest BCUT2D eigenvalue weighted by Gasteiger charge is -2.34. The molecule has 3 aromatic rings. The van der Waals surface area contributed by atoms with Crippen molar-refractivity contribution in [3.05, 3.63) is 49.1 Å². The van der Waals surface area contributed by atoms with Gasteiger partial charge in [-0.05, 0) is 38.1 Å². The van der Waals surface area contributed by atoms with Crippen molar-refractivity contribution in [2.75, 3.05) is 36.4 Å². The number of rotatable bonds is 6. The topological polar surface area (TPSA) is 109 Å². The second-order valence-corrected chi connectivity index (χ2v) is 9.15. The van der Waals surface area contributed by atoms with Crippen LogP contribution in [0.5, 0.6) is 0 Å². The molecule has 0 atom stereocenters. The molecule has 158 valence electrons. The second-order valence-electron chi connectivity index (χ2n) is 7.26. The van der Waals surface area contributed by atoms with E-state index in [4.69, 9.17) is 0 Å². The largest absolute Gasteiger partial charge is 0.352 e. The number of hydrogen-bond acceptors (Lipinski definition) is 8. The molecule has 0 radical (unpaired) electrons. The third-order valence-corrected chi connectivity index (χ3v) is 6.70. The smallest absolute Gasteiger partial charge is 0.262 e. The average Bonchev–Trinajstić information content (AvgIpc) is 3.27. The summed E-state index contributed by atoms with van der Waals surface area (Å²) in [5, 5.41) is 11.6. The van der Waals surface area contributed by atoms with E-state index in [0.717, 1.165) is 0 Å². The lowest BCUT2D eigenvalue weighted by molar-refractivity contribution is 0.382. The molecule has 3 aromatic heterocycles. The van der Waals surface area contributed by atoms with Crippen molar-refractivity contribution in [1.82, 2.24) is 29.0 Å². The van der Waals surface area contributed by atoms with Crippen LogP contribution >= 0.6 is 0 Å². The molecule has 1 saturated heterocycles. The van der Waals surface area contributed by atoms with Gasteiger partial charge in [-0.3, -0.25) is 0 Å². The quantitative estimate of drug-likeness (QED) is 0.634. The summed E-state index contributed by atoms with van der Waals surface area (Å²) < 4.78 is 29.0. The Labute approximate surface area is 175 Å². The Morgan fingerprint density at radius 3 is 2.37 bits per heavy atom. The van der Waals surface area contributed by atoms with Crippen LogP contribution in [0, 0.1) is 0 Å². The van der Waals surface area contributed by atoms with Crippen LogP contribution in [-0.2, 0) is 10.0 Å². The molecule has 1 aliphatic rings. The molecule has 30 heavy (non-hydrogen) atoms. The Bertz CT molecular complexity index is 1080. The van der Waals surface area contributed by atoms with E-state index >= 15 is 0 Å². The number of sulfonamides is 1. The Hall–Kier alpha value is -3.05. The van der Waals surface area contributed by atoms with E-state index in [1.807, 2.05) is 49.1 Å². The highest BCUT2D eigenvalue weighted by atomic mass is 32.2. The number of piperazine rings is 1. The fraction of sp³-hybridized carbons (Fsp3) is 0.368. The minimum Gasteiger partial charge on any atom is -0.352 e. The minimum absolute atomic E-state index is 0.0920. The van der Waals surface area contributed by atoms with Gasteiger partial charge in [0.2, 0.25) is 0 Å². The van der Waals surface area contributed by atoms with Gasteiger partial charge in [0, 0.05) is 44.6 Å². The van der Waals surface area contributed by atoms with Gasteiger partial charge in [-0.2, -0.15) is 4.31 Å². The predicted octanol–water partition coefficient (Wildman–Crippen LogP) is 1.90. The molecule has 0 spiro atoms. The van der Waals surface area contributed by atoms with Gasteiger partial charge in [0.05, 0.1) is 6.33 Å². The minimum atomic E-state index is -3.60. The molecule has 1 N–H and O–H groups in total. The summed E-state index contributed by atoms with van der Waals surface area (Å²) in [6.45, 7) is 5.76. The number of aromatic nitrogens is 5. The maximum absolute atomic E-state index is 12.9. The number of hydrogen-bond donors (Lipinski definition) is 1. The fourth-order valence-electron chi connectivity index (χ4n) is 3.15. The third-order valence-electron chi connectivity index (χ3n) is 4.91. The fourth-order valence-corrected chi connectivity index (χ4v) is 4.50. The van der Waals surface area contributed by atoms with Gasteiger partial charge < -0.3 is 14.8 Å².